The predicted molar refractivity (Wildman–Crippen MR) is 49.2 cm³/mol. The number of H-pyrrole nitrogens is 1. The minimum absolute atomic E-state index is 0.227. The van der Waals surface area contributed by atoms with E-state index in [0.717, 1.165) is 5.82 Å². The van der Waals surface area contributed by atoms with Gasteiger partial charge in [0.1, 0.15) is 11.6 Å². The molecule has 1 saturated carbocycles. The molecule has 70 valence electrons. The fourth-order valence-corrected chi connectivity index (χ4v) is 1.58. The van der Waals surface area contributed by atoms with Gasteiger partial charge in [0, 0.05) is 18.3 Å². The van der Waals surface area contributed by atoms with E-state index in [2.05, 4.69) is 9.97 Å². The van der Waals surface area contributed by atoms with Gasteiger partial charge in [-0.25, -0.2) is 4.98 Å². The molecule has 1 aliphatic rings. The second-order valence-electron chi connectivity index (χ2n) is 3.81. The van der Waals surface area contributed by atoms with Crippen LogP contribution in [0.3, 0.4) is 0 Å². The zero-order valence-electron chi connectivity index (χ0n) is 7.79. The van der Waals surface area contributed by atoms with Crippen molar-refractivity contribution < 1.29 is 4.79 Å². The summed E-state index contributed by atoms with van der Waals surface area (Å²) in [6, 6.07) is 0. The van der Waals surface area contributed by atoms with Crippen molar-refractivity contribution >= 4 is 5.78 Å². The van der Waals surface area contributed by atoms with Gasteiger partial charge in [-0.2, -0.15) is 0 Å². The number of hydrogen-bond acceptors (Lipinski definition) is 2. The molecule has 1 aromatic rings. The van der Waals surface area contributed by atoms with E-state index in [1.165, 1.54) is 12.8 Å². The van der Waals surface area contributed by atoms with Crippen LogP contribution in [0.5, 0.6) is 0 Å². The molecule has 0 amide bonds. The van der Waals surface area contributed by atoms with Gasteiger partial charge in [-0.15, -0.1) is 0 Å². The van der Waals surface area contributed by atoms with Crippen LogP contribution in [0.1, 0.15) is 25.6 Å². The maximum atomic E-state index is 11.6. The monoisotopic (exact) mass is 178 g/mol. The molecule has 3 nitrogen and oxygen atoms in total. The van der Waals surface area contributed by atoms with Gasteiger partial charge in [0.15, 0.2) is 0 Å². The maximum absolute atomic E-state index is 11.6. The van der Waals surface area contributed by atoms with Crippen LogP contribution in [0.4, 0.5) is 0 Å². The molecule has 1 heterocycles. The molecule has 0 aromatic carbocycles. The lowest BCUT2D eigenvalue weighted by molar-refractivity contribution is -0.122. The van der Waals surface area contributed by atoms with Gasteiger partial charge < -0.3 is 4.98 Å². The number of hydrogen-bond donors (Lipinski definition) is 1. The van der Waals surface area contributed by atoms with Gasteiger partial charge in [-0.3, -0.25) is 4.79 Å². The van der Waals surface area contributed by atoms with Gasteiger partial charge >= 0.3 is 0 Å². The first-order valence-electron chi connectivity index (χ1n) is 4.78. The van der Waals surface area contributed by atoms with Gasteiger partial charge in [0.05, 0.1) is 6.42 Å². The zero-order chi connectivity index (χ0) is 9.26. The Bertz CT molecular complexity index is 288. The van der Waals surface area contributed by atoms with E-state index >= 15 is 0 Å². The molecule has 1 aliphatic carbocycles. The molecule has 1 aromatic heterocycles. The SMILES string of the molecule is CC(C(=O)Cc1ncc[nH]1)C1CC1. The average molecular weight is 178 g/mol. The highest BCUT2D eigenvalue weighted by Gasteiger charge is 2.32. The van der Waals surface area contributed by atoms with E-state index in [0.29, 0.717) is 18.1 Å². The van der Waals surface area contributed by atoms with E-state index in [9.17, 15) is 4.79 Å². The number of aromatic amines is 1. The van der Waals surface area contributed by atoms with E-state index in [4.69, 9.17) is 0 Å². The van der Waals surface area contributed by atoms with Crippen molar-refractivity contribution in [1.29, 1.82) is 0 Å². The van der Waals surface area contributed by atoms with Crippen LogP contribution in [0.15, 0.2) is 12.4 Å². The topological polar surface area (TPSA) is 45.8 Å². The van der Waals surface area contributed by atoms with Crippen molar-refractivity contribution in [2.75, 3.05) is 0 Å². The Morgan fingerprint density at radius 2 is 2.54 bits per heavy atom. The van der Waals surface area contributed by atoms with Crippen LogP contribution in [-0.2, 0) is 11.2 Å². The van der Waals surface area contributed by atoms with Crippen LogP contribution >= 0.6 is 0 Å². The second kappa shape index (κ2) is 3.32. The third-order valence-electron chi connectivity index (χ3n) is 2.73. The first-order chi connectivity index (χ1) is 6.27. The summed E-state index contributed by atoms with van der Waals surface area (Å²) in [5.41, 5.74) is 0. The van der Waals surface area contributed by atoms with Crippen LogP contribution in [0.2, 0.25) is 0 Å². The molecular formula is C10H14N2O. The quantitative estimate of drug-likeness (QED) is 0.760. The number of Topliss-reactive ketones (excluding diaryl/α,β-unsaturated/α-hetero) is 1. The molecule has 1 unspecified atom stereocenters. The molecule has 2 rings (SSSR count). The summed E-state index contributed by atoms with van der Waals surface area (Å²) in [7, 11) is 0. The minimum Gasteiger partial charge on any atom is -0.348 e. The third-order valence-corrected chi connectivity index (χ3v) is 2.73. The Morgan fingerprint density at radius 3 is 3.08 bits per heavy atom. The Morgan fingerprint density at radius 1 is 1.77 bits per heavy atom. The summed E-state index contributed by atoms with van der Waals surface area (Å²) in [4.78, 5) is 18.6. The van der Waals surface area contributed by atoms with Crippen molar-refractivity contribution in [2.24, 2.45) is 11.8 Å². The number of carbonyl (C=O) groups excluding carboxylic acids is 1. The fourth-order valence-electron chi connectivity index (χ4n) is 1.58. The maximum Gasteiger partial charge on any atom is 0.143 e. The molecule has 0 aliphatic heterocycles. The highest BCUT2D eigenvalue weighted by atomic mass is 16.1. The van der Waals surface area contributed by atoms with Crippen molar-refractivity contribution in [1.82, 2.24) is 9.97 Å². The number of nitrogens with zero attached hydrogens (tertiary/aromatic N) is 1. The lowest BCUT2D eigenvalue weighted by Gasteiger charge is -2.06. The summed E-state index contributed by atoms with van der Waals surface area (Å²) < 4.78 is 0. The summed E-state index contributed by atoms with van der Waals surface area (Å²) in [5.74, 6) is 1.99. The van der Waals surface area contributed by atoms with E-state index in [1.807, 2.05) is 6.92 Å². The molecule has 0 saturated heterocycles. The number of aromatic nitrogens is 2. The number of carbonyl (C=O) groups is 1. The number of ketones is 1. The molecule has 13 heavy (non-hydrogen) atoms. The fraction of sp³-hybridized carbons (Fsp3) is 0.600. The van der Waals surface area contributed by atoms with E-state index < -0.39 is 0 Å². The lowest BCUT2D eigenvalue weighted by Crippen LogP contribution is -2.16. The van der Waals surface area contributed by atoms with Gasteiger partial charge in [0.2, 0.25) is 0 Å². The smallest absolute Gasteiger partial charge is 0.143 e. The van der Waals surface area contributed by atoms with Crippen molar-refractivity contribution in [3.05, 3.63) is 18.2 Å². The first-order valence-corrected chi connectivity index (χ1v) is 4.78. The van der Waals surface area contributed by atoms with Crippen LogP contribution in [0, 0.1) is 11.8 Å². The second-order valence-corrected chi connectivity index (χ2v) is 3.81. The summed E-state index contributed by atoms with van der Waals surface area (Å²) in [6.07, 6.45) is 6.36. The van der Waals surface area contributed by atoms with Crippen LogP contribution in [-0.4, -0.2) is 15.8 Å². The van der Waals surface area contributed by atoms with E-state index in [-0.39, 0.29) is 5.92 Å². The van der Waals surface area contributed by atoms with Gasteiger partial charge in [-0.1, -0.05) is 6.92 Å². The number of nitrogens with one attached hydrogen (secondary N) is 1. The summed E-state index contributed by atoms with van der Waals surface area (Å²) in [6.45, 7) is 2.03. The zero-order valence-corrected chi connectivity index (χ0v) is 7.79. The first kappa shape index (κ1) is 8.48. The number of rotatable bonds is 4. The average Bonchev–Trinajstić information content (AvgIpc) is 2.85. The van der Waals surface area contributed by atoms with Crippen molar-refractivity contribution in [3.8, 4) is 0 Å². The van der Waals surface area contributed by atoms with Gasteiger partial charge in [0.25, 0.3) is 0 Å². The molecule has 3 heteroatoms. The Kier molecular flexibility index (Phi) is 2.17. The minimum atomic E-state index is 0.227. The highest BCUT2D eigenvalue weighted by Crippen LogP contribution is 2.37. The normalized spacial score (nSPS) is 18.5. The Balaban J connectivity index is 1.90. The number of imidazole rings is 1. The highest BCUT2D eigenvalue weighted by molar-refractivity contribution is 5.82. The molecule has 1 fully saturated rings. The summed E-state index contributed by atoms with van der Waals surface area (Å²) >= 11 is 0. The molecule has 1 atom stereocenters. The predicted octanol–water partition coefficient (Wildman–Crippen LogP) is 1.57. The van der Waals surface area contributed by atoms with Crippen LogP contribution < -0.4 is 0 Å². The summed E-state index contributed by atoms with van der Waals surface area (Å²) in [5, 5.41) is 0. The Hall–Kier alpha value is -1.12. The standard InChI is InChI=1S/C10H14N2O/c1-7(8-2-3-8)9(13)6-10-11-4-5-12-10/h4-5,7-8H,2-3,6H2,1H3,(H,11,12). The molecule has 0 radical (unpaired) electrons. The third kappa shape index (κ3) is 1.97. The molecular weight excluding hydrogens is 164 g/mol. The Labute approximate surface area is 77.6 Å². The molecule has 0 spiro atoms. The molecule has 1 N–H and O–H groups in total. The molecule has 0 bridgehead atoms. The van der Waals surface area contributed by atoms with Crippen molar-refractivity contribution in [3.63, 3.8) is 0 Å². The van der Waals surface area contributed by atoms with Gasteiger partial charge in [-0.05, 0) is 18.8 Å². The lowest BCUT2D eigenvalue weighted by atomic mass is 9.98. The van der Waals surface area contributed by atoms with Crippen molar-refractivity contribution in [2.45, 2.75) is 26.2 Å². The van der Waals surface area contributed by atoms with E-state index in [1.54, 1.807) is 12.4 Å². The largest absolute Gasteiger partial charge is 0.348 e. The van der Waals surface area contributed by atoms with Crippen LogP contribution in [0.25, 0.3) is 0 Å².